The lowest BCUT2D eigenvalue weighted by molar-refractivity contribution is -0.336. The molecule has 0 saturated carbocycles. The van der Waals surface area contributed by atoms with Gasteiger partial charge in [0.05, 0.1) is 11.7 Å². The lowest BCUT2D eigenvalue weighted by atomic mass is 9.93. The zero-order chi connectivity index (χ0) is 33.0. The summed E-state index contributed by atoms with van der Waals surface area (Å²) in [6, 6.07) is 3.84. The van der Waals surface area contributed by atoms with Crippen LogP contribution in [0.15, 0.2) is 30.5 Å². The minimum atomic E-state index is -1.21. The maximum absolute atomic E-state index is 14.1. The first-order chi connectivity index (χ1) is 22.0. The lowest BCUT2D eigenvalue weighted by Crippen LogP contribution is -2.64. The number of ketones is 1. The van der Waals surface area contributed by atoms with E-state index >= 15 is 0 Å². The molecule has 12 heteroatoms. The number of Topliss-reactive ketones (excluding diaryl/α,β-unsaturated/α-hetero) is 1. The molecule has 1 aromatic heterocycles. The van der Waals surface area contributed by atoms with Crippen molar-refractivity contribution in [1.82, 2.24) is 25.6 Å². The quantitative estimate of drug-likeness (QED) is 0.429. The molecule has 5 rings (SSSR count). The minimum Gasteiger partial charge on any atom is -0.343 e. The van der Waals surface area contributed by atoms with Gasteiger partial charge in [-0.1, -0.05) is 51.3 Å². The third-order valence-electron chi connectivity index (χ3n) is 9.71. The molecule has 4 bridgehead atoms. The van der Waals surface area contributed by atoms with Crippen molar-refractivity contribution in [3.63, 3.8) is 0 Å². The highest BCUT2D eigenvalue weighted by atomic mass is 17.3. The van der Waals surface area contributed by atoms with Crippen molar-refractivity contribution in [3.8, 4) is 0 Å². The van der Waals surface area contributed by atoms with Crippen LogP contribution in [-0.4, -0.2) is 75.4 Å². The first-order valence-corrected chi connectivity index (χ1v) is 16.7. The van der Waals surface area contributed by atoms with Gasteiger partial charge in [-0.2, -0.15) is 9.62 Å². The van der Waals surface area contributed by atoms with E-state index in [0.717, 1.165) is 18.2 Å². The first kappa shape index (κ1) is 33.4. The number of hydrogen-bond acceptors (Lipinski definition) is 7. The number of carbonyl (C=O) groups excluding carboxylic acids is 5. The van der Waals surface area contributed by atoms with Gasteiger partial charge >= 0.3 is 0 Å². The second kappa shape index (κ2) is 14.2. The van der Waals surface area contributed by atoms with E-state index in [2.05, 4.69) is 16.0 Å². The Morgan fingerprint density at radius 3 is 2.39 bits per heavy atom. The number of rotatable bonds is 2. The number of nitrogens with zero attached hydrogens (tertiary/aromatic N) is 2. The number of benzene rings is 1. The fourth-order valence-corrected chi connectivity index (χ4v) is 6.56. The van der Waals surface area contributed by atoms with Crippen molar-refractivity contribution in [1.29, 1.82) is 0 Å². The average Bonchev–Trinajstić information content (AvgIpc) is 3.40. The Morgan fingerprint density at radius 2 is 1.61 bits per heavy atom. The summed E-state index contributed by atoms with van der Waals surface area (Å²) in [5, 5.41) is 9.60. The molecule has 12 nitrogen and oxygen atoms in total. The Labute approximate surface area is 269 Å². The number of piperidine rings is 1. The average molecular weight is 638 g/mol. The fraction of sp³-hybridized carbons (Fsp3) is 0.618. The van der Waals surface area contributed by atoms with Crippen LogP contribution in [-0.2, 0) is 35.3 Å². The van der Waals surface area contributed by atoms with Crippen LogP contribution in [0.4, 0.5) is 0 Å². The largest absolute Gasteiger partial charge is 0.343 e. The lowest BCUT2D eigenvalue weighted by Gasteiger charge is -2.39. The van der Waals surface area contributed by atoms with E-state index < -0.39 is 41.6 Å². The van der Waals surface area contributed by atoms with E-state index in [9.17, 15) is 24.0 Å². The fourth-order valence-electron chi connectivity index (χ4n) is 6.56. The molecule has 3 aliphatic rings. The maximum Gasteiger partial charge on any atom is 0.246 e. The molecule has 46 heavy (non-hydrogen) atoms. The smallest absolute Gasteiger partial charge is 0.246 e. The van der Waals surface area contributed by atoms with Crippen LogP contribution < -0.4 is 20.9 Å². The highest BCUT2D eigenvalue weighted by molar-refractivity contribution is 5.98. The summed E-state index contributed by atoms with van der Waals surface area (Å²) in [5.74, 6) is -1.92. The Hall–Kier alpha value is -3.93. The molecule has 0 radical (unpaired) electrons. The summed E-state index contributed by atoms with van der Waals surface area (Å²) in [4.78, 5) is 81.8. The van der Waals surface area contributed by atoms with E-state index in [1.54, 1.807) is 24.9 Å². The van der Waals surface area contributed by atoms with Crippen LogP contribution in [0, 0.1) is 5.92 Å². The summed E-state index contributed by atoms with van der Waals surface area (Å²) in [6.07, 6.45) is 6.76. The standard InChI is InChI=1S/C34H47N5O7/c1-5-21(2)29-33(44)38-18-12-11-16-27(38)32(43)35-24-14-7-6-8-17-28(40)34(3,4)45-46-39-20-22(23-13-9-10-15-26(23)39)19-25(31(42)37-29)36-30(24)41/h9-10,13,15,20-21,24-25,27,29H,5-8,11-12,14,16-19H2,1-4H3,(H,35,43)(H,36,41)(H,37,42)/t21?,24-,25-,27+,29-/m0/s1. The Kier molecular flexibility index (Phi) is 10.3. The number of fused-ring (bicyclic) bond motifs is 9. The summed E-state index contributed by atoms with van der Waals surface area (Å²) in [5.41, 5.74) is 0.119. The monoisotopic (exact) mass is 637 g/mol. The molecular formula is C34H47N5O7. The van der Waals surface area contributed by atoms with E-state index in [4.69, 9.17) is 9.88 Å². The SMILES string of the molecule is CCC(C)[C@@H]1NC(=O)[C@@H]2Cc3cn(c4ccccc34)OOC(C)(C)C(=O)CCCCC[C@H](NC(=O)[C@H]3CCCCN3C1=O)C(=O)N2. The number of para-hydroxylation sites is 1. The van der Waals surface area contributed by atoms with Crippen molar-refractivity contribution in [3.05, 3.63) is 36.0 Å². The molecule has 1 unspecified atom stereocenters. The third kappa shape index (κ3) is 7.22. The molecular weight excluding hydrogens is 590 g/mol. The highest BCUT2D eigenvalue weighted by Gasteiger charge is 2.41. The molecule has 250 valence electrons. The van der Waals surface area contributed by atoms with Gasteiger partial charge in [-0.15, -0.1) is 0 Å². The van der Waals surface area contributed by atoms with Gasteiger partial charge in [0.15, 0.2) is 11.4 Å². The van der Waals surface area contributed by atoms with Crippen molar-refractivity contribution in [2.24, 2.45) is 5.92 Å². The van der Waals surface area contributed by atoms with E-state index in [0.29, 0.717) is 56.1 Å². The van der Waals surface area contributed by atoms with Crippen molar-refractivity contribution in [2.45, 2.75) is 122 Å². The molecule has 2 saturated heterocycles. The number of nitrogens with one attached hydrogen (secondary N) is 3. The number of carbonyl (C=O) groups is 5. The second-order valence-electron chi connectivity index (χ2n) is 13.4. The van der Waals surface area contributed by atoms with Gasteiger partial charge in [0.1, 0.15) is 24.2 Å². The molecule has 0 aliphatic carbocycles. The van der Waals surface area contributed by atoms with Gasteiger partial charge in [-0.25, -0.2) is 4.99 Å². The van der Waals surface area contributed by atoms with Gasteiger partial charge in [-0.05, 0) is 63.5 Å². The predicted molar refractivity (Wildman–Crippen MR) is 170 cm³/mol. The van der Waals surface area contributed by atoms with Gasteiger partial charge in [0.25, 0.3) is 0 Å². The van der Waals surface area contributed by atoms with Gasteiger partial charge in [-0.3, -0.25) is 24.0 Å². The summed E-state index contributed by atoms with van der Waals surface area (Å²) in [7, 11) is 0. The molecule has 3 aliphatic heterocycles. The minimum absolute atomic E-state index is 0.0746. The summed E-state index contributed by atoms with van der Waals surface area (Å²) in [6.45, 7) is 7.59. The van der Waals surface area contributed by atoms with Crippen LogP contribution in [0.2, 0.25) is 0 Å². The van der Waals surface area contributed by atoms with Crippen molar-refractivity contribution in [2.75, 3.05) is 6.54 Å². The normalized spacial score (nSPS) is 27.7. The Morgan fingerprint density at radius 1 is 0.891 bits per heavy atom. The second-order valence-corrected chi connectivity index (χ2v) is 13.4. The molecule has 1 aromatic carbocycles. The van der Waals surface area contributed by atoms with E-state index in [1.807, 2.05) is 38.1 Å². The number of aromatic nitrogens is 1. The molecule has 5 atom stereocenters. The predicted octanol–water partition coefficient (Wildman–Crippen LogP) is 2.75. The highest BCUT2D eigenvalue weighted by Crippen LogP contribution is 2.26. The zero-order valence-corrected chi connectivity index (χ0v) is 27.3. The molecule has 2 aromatic rings. The van der Waals surface area contributed by atoms with Crippen LogP contribution in [0.25, 0.3) is 10.9 Å². The van der Waals surface area contributed by atoms with Crippen LogP contribution in [0.5, 0.6) is 0 Å². The van der Waals surface area contributed by atoms with E-state index in [1.165, 1.54) is 4.73 Å². The topological polar surface area (TPSA) is 148 Å². The van der Waals surface area contributed by atoms with Gasteiger partial charge < -0.3 is 20.9 Å². The van der Waals surface area contributed by atoms with Crippen LogP contribution >= 0.6 is 0 Å². The Bertz CT molecular complexity index is 1470. The van der Waals surface area contributed by atoms with Crippen molar-refractivity contribution < 1.29 is 33.8 Å². The summed E-state index contributed by atoms with van der Waals surface area (Å²) < 4.78 is 1.41. The van der Waals surface area contributed by atoms with Gasteiger partial charge in [0, 0.05) is 24.8 Å². The molecule has 2 fully saturated rings. The summed E-state index contributed by atoms with van der Waals surface area (Å²) >= 11 is 0. The molecule has 4 amide bonds. The molecule has 0 spiro atoms. The number of hydrogen-bond donors (Lipinski definition) is 3. The van der Waals surface area contributed by atoms with Crippen molar-refractivity contribution >= 4 is 40.3 Å². The maximum atomic E-state index is 14.1. The number of amides is 4. The Balaban J connectivity index is 1.57. The molecule has 3 N–H and O–H groups in total. The van der Waals surface area contributed by atoms with Gasteiger partial charge in [0.2, 0.25) is 23.6 Å². The zero-order valence-electron chi connectivity index (χ0n) is 27.3. The van der Waals surface area contributed by atoms with Crippen LogP contribution in [0.3, 0.4) is 0 Å². The molecule has 4 heterocycles. The first-order valence-electron chi connectivity index (χ1n) is 16.7. The van der Waals surface area contributed by atoms with Crippen LogP contribution in [0.1, 0.15) is 91.0 Å². The third-order valence-corrected chi connectivity index (χ3v) is 9.71. The van der Waals surface area contributed by atoms with E-state index in [-0.39, 0.29) is 36.4 Å².